The Hall–Kier alpha value is -3.92. The number of ether oxygens (including phenoxy) is 1. The molecule has 2 aromatic heterocycles. The number of carbonyl (C=O) groups is 1. The number of aryl methyl sites for hydroxylation is 1. The van der Waals surface area contributed by atoms with Crippen LogP contribution in [0.5, 0.6) is 5.75 Å². The number of hydrogen-bond donors (Lipinski definition) is 1. The van der Waals surface area contributed by atoms with Gasteiger partial charge in [0.2, 0.25) is 0 Å². The molecule has 0 saturated heterocycles. The Balaban J connectivity index is 1.72. The van der Waals surface area contributed by atoms with Crippen LogP contribution in [0, 0.1) is 6.92 Å². The lowest BCUT2D eigenvalue weighted by molar-refractivity contribution is 0.0999. The van der Waals surface area contributed by atoms with Crippen molar-refractivity contribution < 1.29 is 17.9 Å². The van der Waals surface area contributed by atoms with Gasteiger partial charge in [-0.25, -0.2) is 18.4 Å². The van der Waals surface area contributed by atoms with E-state index in [9.17, 15) is 13.2 Å². The average molecular weight is 449 g/mol. The summed E-state index contributed by atoms with van der Waals surface area (Å²) < 4.78 is 35.9. The predicted molar refractivity (Wildman–Crippen MR) is 120 cm³/mol. The van der Waals surface area contributed by atoms with E-state index in [1.165, 1.54) is 18.1 Å². The number of anilines is 2. The van der Waals surface area contributed by atoms with Crippen molar-refractivity contribution in [1.82, 2.24) is 14.5 Å². The first-order chi connectivity index (χ1) is 15.3. The first-order valence-corrected chi connectivity index (χ1v) is 11.2. The summed E-state index contributed by atoms with van der Waals surface area (Å²) in [5, 5.41) is 0.596. The number of nitrogens with zero attached hydrogens (tertiary/aromatic N) is 4. The molecule has 5 rings (SSSR count). The molecule has 0 radical (unpaired) electrons. The SMILES string of the molecule is COc1ccccc1S(=O)(=O)Nc1ccc2c3c(cc(-n4cnc(C)c4)nc13)C(=O)N2C. The Kier molecular flexibility index (Phi) is 4.41. The van der Waals surface area contributed by atoms with Crippen LogP contribution in [0.3, 0.4) is 0 Å². The number of rotatable bonds is 5. The van der Waals surface area contributed by atoms with Crippen molar-refractivity contribution in [3.05, 3.63) is 66.2 Å². The van der Waals surface area contributed by atoms with Crippen LogP contribution in [0.4, 0.5) is 11.4 Å². The smallest absolute Gasteiger partial charge is 0.265 e. The van der Waals surface area contributed by atoms with Crippen LogP contribution in [0.15, 0.2) is 59.9 Å². The second-order valence-corrected chi connectivity index (χ2v) is 9.08. The molecular formula is C22H19N5O4S. The van der Waals surface area contributed by atoms with Gasteiger partial charge in [0.05, 0.1) is 35.3 Å². The molecule has 32 heavy (non-hydrogen) atoms. The van der Waals surface area contributed by atoms with Crippen molar-refractivity contribution in [3.63, 3.8) is 0 Å². The molecular weight excluding hydrogens is 430 g/mol. The summed E-state index contributed by atoms with van der Waals surface area (Å²) in [6.07, 6.45) is 3.38. The molecule has 2 aromatic carbocycles. The van der Waals surface area contributed by atoms with Crippen LogP contribution in [-0.4, -0.2) is 43.0 Å². The topological polar surface area (TPSA) is 106 Å². The lowest BCUT2D eigenvalue weighted by Crippen LogP contribution is -2.20. The summed E-state index contributed by atoms with van der Waals surface area (Å²) in [6.45, 7) is 1.85. The molecule has 0 unspecified atom stereocenters. The fraction of sp³-hybridized carbons (Fsp3) is 0.136. The van der Waals surface area contributed by atoms with E-state index in [0.717, 1.165) is 5.69 Å². The number of sulfonamides is 1. The first-order valence-electron chi connectivity index (χ1n) is 9.73. The number of benzene rings is 2. The average Bonchev–Trinajstić information content (AvgIpc) is 3.33. The van der Waals surface area contributed by atoms with E-state index < -0.39 is 10.0 Å². The van der Waals surface area contributed by atoms with Crippen molar-refractivity contribution in [2.75, 3.05) is 23.8 Å². The van der Waals surface area contributed by atoms with E-state index in [2.05, 4.69) is 9.71 Å². The quantitative estimate of drug-likeness (QED) is 0.502. The zero-order valence-corrected chi connectivity index (χ0v) is 18.3. The number of carbonyl (C=O) groups excluding carboxylic acids is 1. The molecule has 1 aliphatic heterocycles. The Labute approximate surface area is 184 Å². The Morgan fingerprint density at radius 2 is 1.91 bits per heavy atom. The van der Waals surface area contributed by atoms with Gasteiger partial charge >= 0.3 is 0 Å². The molecule has 0 atom stereocenters. The normalized spacial score (nSPS) is 13.1. The maximum Gasteiger partial charge on any atom is 0.265 e. The highest BCUT2D eigenvalue weighted by molar-refractivity contribution is 7.92. The van der Waals surface area contributed by atoms with Crippen LogP contribution in [-0.2, 0) is 10.0 Å². The number of aromatic nitrogens is 3. The molecule has 3 heterocycles. The van der Waals surface area contributed by atoms with Gasteiger partial charge in [-0.05, 0) is 37.3 Å². The van der Waals surface area contributed by atoms with E-state index in [1.807, 2.05) is 6.92 Å². The highest BCUT2D eigenvalue weighted by Crippen LogP contribution is 2.40. The minimum atomic E-state index is -3.99. The third-order valence-electron chi connectivity index (χ3n) is 5.40. The molecule has 0 aliphatic carbocycles. The van der Waals surface area contributed by atoms with E-state index in [0.29, 0.717) is 28.0 Å². The molecule has 1 N–H and O–H groups in total. The van der Waals surface area contributed by atoms with E-state index >= 15 is 0 Å². The monoisotopic (exact) mass is 449 g/mol. The lowest BCUT2D eigenvalue weighted by atomic mass is 10.1. The lowest BCUT2D eigenvalue weighted by Gasteiger charge is -2.14. The maximum atomic E-state index is 13.2. The van der Waals surface area contributed by atoms with Crippen molar-refractivity contribution in [1.29, 1.82) is 0 Å². The second kappa shape index (κ2) is 7.06. The number of imidazole rings is 1. The predicted octanol–water partition coefficient (Wildman–Crippen LogP) is 3.13. The Morgan fingerprint density at radius 1 is 1.12 bits per heavy atom. The molecule has 162 valence electrons. The van der Waals surface area contributed by atoms with Crippen LogP contribution in [0.1, 0.15) is 16.1 Å². The largest absolute Gasteiger partial charge is 0.495 e. The van der Waals surface area contributed by atoms with Crippen LogP contribution < -0.4 is 14.4 Å². The summed E-state index contributed by atoms with van der Waals surface area (Å²) in [7, 11) is -0.896. The van der Waals surface area contributed by atoms with E-state index in [-0.39, 0.29) is 22.2 Å². The second-order valence-electron chi connectivity index (χ2n) is 7.43. The van der Waals surface area contributed by atoms with Gasteiger partial charge in [-0.2, -0.15) is 0 Å². The van der Waals surface area contributed by atoms with Gasteiger partial charge in [0.25, 0.3) is 15.9 Å². The fourth-order valence-electron chi connectivity index (χ4n) is 3.85. The van der Waals surface area contributed by atoms with Crippen LogP contribution >= 0.6 is 0 Å². The minimum absolute atomic E-state index is 0.00408. The number of methoxy groups -OCH3 is 1. The summed E-state index contributed by atoms with van der Waals surface area (Å²) >= 11 is 0. The van der Waals surface area contributed by atoms with Gasteiger partial charge in [0.15, 0.2) is 0 Å². The molecule has 0 fully saturated rings. The Bertz CT molecular complexity index is 1510. The molecule has 1 aliphatic rings. The molecule has 9 nitrogen and oxygen atoms in total. The molecule has 0 bridgehead atoms. The van der Waals surface area contributed by atoms with Gasteiger partial charge in [0.1, 0.15) is 22.8 Å². The number of amides is 1. The molecule has 1 amide bonds. The van der Waals surface area contributed by atoms with E-state index in [1.54, 1.807) is 60.5 Å². The number of para-hydroxylation sites is 1. The van der Waals surface area contributed by atoms with Gasteiger partial charge in [0, 0.05) is 18.6 Å². The molecule has 0 spiro atoms. The maximum absolute atomic E-state index is 13.2. The van der Waals surface area contributed by atoms with Crippen molar-refractivity contribution in [2.45, 2.75) is 11.8 Å². The van der Waals surface area contributed by atoms with Gasteiger partial charge in [-0.3, -0.25) is 14.1 Å². The third-order valence-corrected chi connectivity index (χ3v) is 6.81. The van der Waals surface area contributed by atoms with Gasteiger partial charge in [-0.1, -0.05) is 12.1 Å². The third kappa shape index (κ3) is 2.99. The number of pyridine rings is 1. The first kappa shape index (κ1) is 20.0. The standard InChI is InChI=1S/C22H19N5O4S/c1-13-11-27(12-23-13)19-10-14-20-16(26(2)22(14)28)9-8-15(21(20)24-19)25-32(29,30)18-7-5-4-6-17(18)31-3/h4-12,25H,1-3H3. The molecule has 0 saturated carbocycles. The molecule has 4 aromatic rings. The summed E-state index contributed by atoms with van der Waals surface area (Å²) in [6, 6.07) is 11.4. The minimum Gasteiger partial charge on any atom is -0.495 e. The van der Waals surface area contributed by atoms with Crippen LogP contribution in [0.25, 0.3) is 16.7 Å². The van der Waals surface area contributed by atoms with Gasteiger partial charge < -0.3 is 9.64 Å². The highest BCUT2D eigenvalue weighted by Gasteiger charge is 2.31. The van der Waals surface area contributed by atoms with E-state index in [4.69, 9.17) is 9.72 Å². The summed E-state index contributed by atoms with van der Waals surface area (Å²) in [5.41, 5.74) is 2.54. The zero-order chi connectivity index (χ0) is 22.6. The fourth-order valence-corrected chi connectivity index (χ4v) is 5.09. The highest BCUT2D eigenvalue weighted by atomic mass is 32.2. The zero-order valence-electron chi connectivity index (χ0n) is 17.5. The van der Waals surface area contributed by atoms with Crippen LogP contribution in [0.2, 0.25) is 0 Å². The Morgan fingerprint density at radius 3 is 2.62 bits per heavy atom. The summed E-state index contributed by atoms with van der Waals surface area (Å²) in [4.78, 5) is 23.3. The van der Waals surface area contributed by atoms with Crippen molar-refractivity contribution in [3.8, 4) is 11.6 Å². The number of hydrogen-bond acceptors (Lipinski definition) is 6. The number of nitrogens with one attached hydrogen (secondary N) is 1. The van der Waals surface area contributed by atoms with Gasteiger partial charge in [-0.15, -0.1) is 0 Å². The molecule has 10 heteroatoms. The van der Waals surface area contributed by atoms with Crippen molar-refractivity contribution in [2.24, 2.45) is 0 Å². The summed E-state index contributed by atoms with van der Waals surface area (Å²) in [5.74, 6) is 0.505. The van der Waals surface area contributed by atoms with Crippen molar-refractivity contribution >= 4 is 38.2 Å².